The maximum absolute atomic E-state index is 12.4. The van der Waals surface area contributed by atoms with Gasteiger partial charge in [0.15, 0.2) is 13.1 Å². The normalized spacial score (nSPS) is 11.7. The highest BCUT2D eigenvalue weighted by Gasteiger charge is 2.17. The van der Waals surface area contributed by atoms with Gasteiger partial charge in [0.25, 0.3) is 11.8 Å². The van der Waals surface area contributed by atoms with Gasteiger partial charge in [-0.1, -0.05) is 23.7 Å². The van der Waals surface area contributed by atoms with Gasteiger partial charge in [0.2, 0.25) is 0 Å². The average Bonchev–Trinajstić information content (AvgIpc) is 2.60. The number of carbonyl (C=O) groups is 2. The van der Waals surface area contributed by atoms with Crippen molar-refractivity contribution in [3.8, 4) is 0 Å². The maximum Gasteiger partial charge on any atom is 0.279 e. The van der Waals surface area contributed by atoms with Crippen molar-refractivity contribution < 1.29 is 14.5 Å². The molecule has 0 radical (unpaired) electrons. The van der Waals surface area contributed by atoms with E-state index in [1.54, 1.807) is 12.1 Å². The summed E-state index contributed by atoms with van der Waals surface area (Å²) in [5.41, 5.74) is 4.73. The van der Waals surface area contributed by atoms with Crippen LogP contribution >= 0.6 is 11.6 Å². The zero-order valence-electron chi connectivity index (χ0n) is 16.3. The highest BCUT2D eigenvalue weighted by molar-refractivity contribution is 6.31. The van der Waals surface area contributed by atoms with Crippen molar-refractivity contribution in [2.75, 3.05) is 30.3 Å². The van der Waals surface area contributed by atoms with Gasteiger partial charge in [-0.2, -0.15) is 0 Å². The molecule has 1 unspecified atom stereocenters. The second-order valence-corrected chi connectivity index (χ2v) is 7.25. The van der Waals surface area contributed by atoms with E-state index < -0.39 is 0 Å². The third-order valence-corrected chi connectivity index (χ3v) is 4.82. The summed E-state index contributed by atoms with van der Waals surface area (Å²) in [6.45, 7) is 9.02. The Morgan fingerprint density at radius 2 is 1.52 bits per heavy atom. The van der Waals surface area contributed by atoms with E-state index in [4.69, 9.17) is 11.6 Å². The Hall–Kier alpha value is -2.37. The Balaban J connectivity index is 1.91. The molecular weight excluding hydrogens is 362 g/mol. The lowest BCUT2D eigenvalue weighted by Crippen LogP contribution is -3.13. The van der Waals surface area contributed by atoms with Crippen LogP contribution in [-0.2, 0) is 9.59 Å². The van der Waals surface area contributed by atoms with E-state index in [1.165, 1.54) is 5.56 Å². The number of anilines is 2. The number of carbonyl (C=O) groups excluding carboxylic acids is 2. The molecule has 6 heteroatoms. The highest BCUT2D eigenvalue weighted by Crippen LogP contribution is 2.19. The Morgan fingerprint density at radius 1 is 0.889 bits per heavy atom. The van der Waals surface area contributed by atoms with Gasteiger partial charge < -0.3 is 15.5 Å². The summed E-state index contributed by atoms with van der Waals surface area (Å²) in [6, 6.07) is 11.2. The molecule has 0 aromatic heterocycles. The topological polar surface area (TPSA) is 62.6 Å². The third kappa shape index (κ3) is 6.38. The van der Waals surface area contributed by atoms with Crippen molar-refractivity contribution in [2.45, 2.75) is 27.7 Å². The number of benzene rings is 2. The monoisotopic (exact) mass is 388 g/mol. The summed E-state index contributed by atoms with van der Waals surface area (Å²) in [5.74, 6) is -0.252. The van der Waals surface area contributed by atoms with Crippen LogP contribution in [-0.4, -0.2) is 31.4 Å². The van der Waals surface area contributed by atoms with Gasteiger partial charge in [-0.15, -0.1) is 0 Å². The van der Waals surface area contributed by atoms with Crippen LogP contribution in [0, 0.1) is 20.8 Å². The largest absolute Gasteiger partial charge is 0.321 e. The molecule has 0 bridgehead atoms. The van der Waals surface area contributed by atoms with Crippen molar-refractivity contribution in [3.05, 3.63) is 58.1 Å². The number of quaternary nitrogens is 1. The van der Waals surface area contributed by atoms with Crippen LogP contribution in [0.4, 0.5) is 11.4 Å². The SMILES string of the molecule is CC[NH+](CC(=O)Nc1ccc(C)c(C)c1)CC(=O)Nc1cc(Cl)ccc1C. The first-order valence-electron chi connectivity index (χ1n) is 9.05. The Bertz CT molecular complexity index is 836. The first-order chi connectivity index (χ1) is 12.8. The predicted octanol–water partition coefficient (Wildman–Crippen LogP) is 2.75. The molecule has 1 atom stereocenters. The van der Waals surface area contributed by atoms with Crippen molar-refractivity contribution in [1.29, 1.82) is 0 Å². The van der Waals surface area contributed by atoms with Gasteiger partial charge >= 0.3 is 0 Å². The number of halogens is 1. The molecule has 0 aliphatic carbocycles. The minimum Gasteiger partial charge on any atom is -0.321 e. The lowest BCUT2D eigenvalue weighted by atomic mass is 10.1. The second-order valence-electron chi connectivity index (χ2n) is 6.81. The predicted molar refractivity (Wildman–Crippen MR) is 111 cm³/mol. The lowest BCUT2D eigenvalue weighted by molar-refractivity contribution is -0.881. The molecule has 2 amide bonds. The van der Waals surface area contributed by atoms with Crippen molar-refractivity contribution in [2.24, 2.45) is 0 Å². The maximum atomic E-state index is 12.4. The molecule has 27 heavy (non-hydrogen) atoms. The van der Waals surface area contributed by atoms with E-state index in [0.717, 1.165) is 21.7 Å². The zero-order chi connectivity index (χ0) is 20.0. The standard InChI is InChI=1S/C21H26ClN3O2/c1-5-25(12-20(26)23-18-9-7-14(2)16(4)10-18)13-21(27)24-19-11-17(22)8-6-15(19)3/h6-11H,5,12-13H2,1-4H3,(H,23,26)(H,24,27)/p+1. The van der Waals surface area contributed by atoms with Crippen molar-refractivity contribution in [3.63, 3.8) is 0 Å². The van der Waals surface area contributed by atoms with Gasteiger partial charge in [-0.3, -0.25) is 9.59 Å². The fourth-order valence-electron chi connectivity index (χ4n) is 2.71. The summed E-state index contributed by atoms with van der Waals surface area (Å²) in [4.78, 5) is 25.6. The molecule has 0 saturated heterocycles. The summed E-state index contributed by atoms with van der Waals surface area (Å²) in [5, 5.41) is 6.35. The summed E-state index contributed by atoms with van der Waals surface area (Å²) >= 11 is 5.99. The zero-order valence-corrected chi connectivity index (χ0v) is 17.0. The molecule has 2 aromatic rings. The molecule has 0 aliphatic rings. The average molecular weight is 389 g/mol. The summed E-state index contributed by atoms with van der Waals surface area (Å²) < 4.78 is 0. The molecule has 2 aromatic carbocycles. The molecule has 0 fully saturated rings. The minimum absolute atomic E-state index is 0.109. The summed E-state index contributed by atoms with van der Waals surface area (Å²) in [6.07, 6.45) is 0. The van der Waals surface area contributed by atoms with Crippen molar-refractivity contribution in [1.82, 2.24) is 0 Å². The van der Waals surface area contributed by atoms with Gasteiger partial charge in [-0.25, -0.2) is 0 Å². The number of aryl methyl sites for hydroxylation is 3. The summed E-state index contributed by atoms with van der Waals surface area (Å²) in [7, 11) is 0. The first kappa shape index (κ1) is 20.9. The molecule has 0 heterocycles. The number of hydrogen-bond acceptors (Lipinski definition) is 2. The van der Waals surface area contributed by atoms with Gasteiger partial charge in [0, 0.05) is 16.4 Å². The minimum atomic E-state index is -0.142. The Morgan fingerprint density at radius 3 is 2.15 bits per heavy atom. The molecule has 0 spiro atoms. The fraction of sp³-hybridized carbons (Fsp3) is 0.333. The molecule has 0 saturated carbocycles. The van der Waals surface area contributed by atoms with E-state index in [9.17, 15) is 9.59 Å². The number of likely N-dealkylation sites (N-methyl/N-ethyl adjacent to an activating group) is 1. The van der Waals surface area contributed by atoms with Gasteiger partial charge in [-0.05, 0) is 68.7 Å². The van der Waals surface area contributed by atoms with Crippen LogP contribution in [0.25, 0.3) is 0 Å². The quantitative estimate of drug-likeness (QED) is 0.683. The molecule has 2 rings (SSSR count). The van der Waals surface area contributed by atoms with Crippen LogP contribution in [0.1, 0.15) is 23.6 Å². The van der Waals surface area contributed by atoms with Gasteiger partial charge in [0.1, 0.15) is 0 Å². The van der Waals surface area contributed by atoms with Crippen molar-refractivity contribution >= 4 is 34.8 Å². The lowest BCUT2D eigenvalue weighted by Gasteiger charge is -2.17. The number of amides is 2. The molecule has 0 aliphatic heterocycles. The van der Waals surface area contributed by atoms with Gasteiger partial charge in [0.05, 0.1) is 6.54 Å². The van der Waals surface area contributed by atoms with E-state index >= 15 is 0 Å². The first-order valence-corrected chi connectivity index (χ1v) is 9.43. The molecule has 3 N–H and O–H groups in total. The van der Waals surface area contributed by atoms with Crippen LogP contribution in [0.15, 0.2) is 36.4 Å². The smallest absolute Gasteiger partial charge is 0.279 e. The second kappa shape index (κ2) is 9.53. The third-order valence-electron chi connectivity index (χ3n) is 4.59. The van der Waals surface area contributed by atoms with Crippen LogP contribution < -0.4 is 15.5 Å². The Labute approximate surface area is 165 Å². The van der Waals surface area contributed by atoms with E-state index in [1.807, 2.05) is 52.0 Å². The van der Waals surface area contributed by atoms with E-state index in [-0.39, 0.29) is 24.9 Å². The fourth-order valence-corrected chi connectivity index (χ4v) is 2.89. The molecule has 144 valence electrons. The number of nitrogens with one attached hydrogen (secondary N) is 3. The highest BCUT2D eigenvalue weighted by atomic mass is 35.5. The van der Waals surface area contributed by atoms with Crippen LogP contribution in [0.5, 0.6) is 0 Å². The molecule has 5 nitrogen and oxygen atoms in total. The van der Waals surface area contributed by atoms with Crippen LogP contribution in [0.3, 0.4) is 0 Å². The number of hydrogen-bond donors (Lipinski definition) is 3. The number of rotatable bonds is 7. The Kier molecular flexibility index (Phi) is 7.39. The van der Waals surface area contributed by atoms with E-state index in [0.29, 0.717) is 17.3 Å². The molecular formula is C21H27ClN3O2+. The van der Waals surface area contributed by atoms with Crippen LogP contribution in [0.2, 0.25) is 5.02 Å². The van der Waals surface area contributed by atoms with E-state index in [2.05, 4.69) is 10.6 Å².